The predicted octanol–water partition coefficient (Wildman–Crippen LogP) is 4.33. The molecule has 20 heavy (non-hydrogen) atoms. The standard InChI is InChI=1S/C15H14BrClN2O/c1-10(11-6-3-4-8-13(11)17)19(2)15(20)14-12(16)7-5-9-18-14/h3-10H,1-2H3. The molecule has 0 saturated heterocycles. The fraction of sp³-hybridized carbons (Fsp3) is 0.200. The second-order valence-electron chi connectivity index (χ2n) is 4.45. The summed E-state index contributed by atoms with van der Waals surface area (Å²) in [5.41, 5.74) is 1.31. The molecule has 0 saturated carbocycles. The van der Waals surface area contributed by atoms with Gasteiger partial charge in [0.2, 0.25) is 0 Å². The maximum atomic E-state index is 12.5. The third-order valence-electron chi connectivity index (χ3n) is 3.22. The molecule has 1 aromatic carbocycles. The first-order chi connectivity index (χ1) is 9.52. The van der Waals surface area contributed by atoms with E-state index in [0.29, 0.717) is 15.2 Å². The number of amides is 1. The summed E-state index contributed by atoms with van der Waals surface area (Å²) in [6, 6.07) is 11.0. The second kappa shape index (κ2) is 6.37. The molecule has 1 atom stereocenters. The molecule has 1 amide bonds. The Labute approximate surface area is 131 Å². The molecule has 3 nitrogen and oxygen atoms in total. The summed E-state index contributed by atoms with van der Waals surface area (Å²) in [6.45, 7) is 1.94. The van der Waals surface area contributed by atoms with Crippen molar-refractivity contribution in [1.82, 2.24) is 9.88 Å². The van der Waals surface area contributed by atoms with E-state index in [2.05, 4.69) is 20.9 Å². The summed E-state index contributed by atoms with van der Waals surface area (Å²) < 4.78 is 0.684. The van der Waals surface area contributed by atoms with E-state index in [1.807, 2.05) is 31.2 Å². The molecular formula is C15H14BrClN2O. The Morgan fingerprint density at radius 1 is 1.30 bits per heavy atom. The van der Waals surface area contributed by atoms with Gasteiger partial charge in [0, 0.05) is 22.7 Å². The molecule has 1 aromatic heterocycles. The van der Waals surface area contributed by atoms with Gasteiger partial charge in [-0.05, 0) is 46.6 Å². The van der Waals surface area contributed by atoms with Gasteiger partial charge >= 0.3 is 0 Å². The molecule has 0 aliphatic carbocycles. The topological polar surface area (TPSA) is 33.2 Å². The van der Waals surface area contributed by atoms with Crippen LogP contribution in [-0.4, -0.2) is 22.8 Å². The molecular weight excluding hydrogens is 340 g/mol. The lowest BCUT2D eigenvalue weighted by Gasteiger charge is -2.26. The van der Waals surface area contributed by atoms with Gasteiger partial charge < -0.3 is 4.90 Å². The van der Waals surface area contributed by atoms with E-state index < -0.39 is 0 Å². The van der Waals surface area contributed by atoms with Gasteiger partial charge in [-0.25, -0.2) is 4.98 Å². The Kier molecular flexibility index (Phi) is 4.78. The van der Waals surface area contributed by atoms with Crippen molar-refractivity contribution in [1.29, 1.82) is 0 Å². The summed E-state index contributed by atoms with van der Waals surface area (Å²) in [5, 5.41) is 0.653. The maximum Gasteiger partial charge on any atom is 0.273 e. The van der Waals surface area contributed by atoms with Crippen LogP contribution in [0, 0.1) is 0 Å². The van der Waals surface area contributed by atoms with Gasteiger partial charge in [-0.2, -0.15) is 0 Å². The van der Waals surface area contributed by atoms with E-state index in [1.165, 1.54) is 0 Å². The largest absolute Gasteiger partial charge is 0.334 e. The van der Waals surface area contributed by atoms with Crippen molar-refractivity contribution in [2.75, 3.05) is 7.05 Å². The third kappa shape index (κ3) is 3.02. The normalized spacial score (nSPS) is 12.0. The van der Waals surface area contributed by atoms with Crippen molar-refractivity contribution in [3.05, 3.63) is 63.3 Å². The van der Waals surface area contributed by atoms with E-state index in [1.54, 1.807) is 30.3 Å². The number of rotatable bonds is 3. The first-order valence-corrected chi connectivity index (χ1v) is 7.31. The molecule has 104 valence electrons. The smallest absolute Gasteiger partial charge is 0.273 e. The zero-order valence-electron chi connectivity index (χ0n) is 11.2. The van der Waals surface area contributed by atoms with Gasteiger partial charge in [-0.1, -0.05) is 29.8 Å². The first kappa shape index (κ1) is 15.0. The Balaban J connectivity index is 2.28. The van der Waals surface area contributed by atoms with Crippen molar-refractivity contribution >= 4 is 33.4 Å². The minimum Gasteiger partial charge on any atom is -0.334 e. The number of pyridine rings is 1. The molecule has 0 fully saturated rings. The van der Waals surface area contributed by atoms with Crippen molar-refractivity contribution in [2.45, 2.75) is 13.0 Å². The fourth-order valence-corrected chi connectivity index (χ4v) is 2.63. The molecule has 0 bridgehead atoms. The molecule has 0 spiro atoms. The lowest BCUT2D eigenvalue weighted by Crippen LogP contribution is -2.30. The van der Waals surface area contributed by atoms with Gasteiger partial charge in [-0.15, -0.1) is 0 Å². The van der Waals surface area contributed by atoms with Crippen LogP contribution in [0.25, 0.3) is 0 Å². The number of carbonyl (C=O) groups excluding carboxylic acids is 1. The van der Waals surface area contributed by atoms with E-state index >= 15 is 0 Å². The van der Waals surface area contributed by atoms with E-state index in [-0.39, 0.29) is 11.9 Å². The number of carbonyl (C=O) groups is 1. The summed E-state index contributed by atoms with van der Waals surface area (Å²) in [6.07, 6.45) is 1.60. The van der Waals surface area contributed by atoms with Crippen LogP contribution in [0.15, 0.2) is 47.1 Å². The number of hydrogen-bond acceptors (Lipinski definition) is 2. The monoisotopic (exact) mass is 352 g/mol. The molecule has 0 aliphatic rings. The van der Waals surface area contributed by atoms with Crippen molar-refractivity contribution in [3.63, 3.8) is 0 Å². The molecule has 1 heterocycles. The molecule has 0 radical (unpaired) electrons. The fourth-order valence-electron chi connectivity index (χ4n) is 1.91. The van der Waals surface area contributed by atoms with Gasteiger partial charge in [0.1, 0.15) is 5.69 Å². The SMILES string of the molecule is CC(c1ccccc1Cl)N(C)C(=O)c1ncccc1Br. The summed E-state index contributed by atoms with van der Waals surface area (Å²) in [7, 11) is 1.75. The van der Waals surface area contributed by atoms with Crippen LogP contribution in [0.1, 0.15) is 29.0 Å². The highest BCUT2D eigenvalue weighted by Crippen LogP contribution is 2.27. The zero-order chi connectivity index (χ0) is 14.7. The molecule has 2 aromatic rings. The minimum atomic E-state index is -0.148. The van der Waals surface area contributed by atoms with Crippen LogP contribution < -0.4 is 0 Å². The average molecular weight is 354 g/mol. The molecule has 2 rings (SSSR count). The number of benzene rings is 1. The van der Waals surface area contributed by atoms with Crippen LogP contribution in [0.4, 0.5) is 0 Å². The van der Waals surface area contributed by atoms with Gasteiger partial charge in [0.25, 0.3) is 5.91 Å². The highest BCUT2D eigenvalue weighted by molar-refractivity contribution is 9.10. The van der Waals surface area contributed by atoms with Gasteiger partial charge in [0.05, 0.1) is 6.04 Å². The number of halogens is 2. The lowest BCUT2D eigenvalue weighted by atomic mass is 10.1. The summed E-state index contributed by atoms with van der Waals surface area (Å²) >= 11 is 9.53. The van der Waals surface area contributed by atoms with Crippen molar-refractivity contribution in [2.24, 2.45) is 0 Å². The quantitative estimate of drug-likeness (QED) is 0.823. The summed E-state index contributed by atoms with van der Waals surface area (Å²) in [5.74, 6) is -0.148. The third-order valence-corrected chi connectivity index (χ3v) is 4.20. The Hall–Kier alpha value is -1.39. The first-order valence-electron chi connectivity index (χ1n) is 6.14. The van der Waals surface area contributed by atoms with E-state index in [0.717, 1.165) is 5.56 Å². The maximum absolute atomic E-state index is 12.5. The molecule has 5 heteroatoms. The van der Waals surface area contributed by atoms with Crippen LogP contribution in [-0.2, 0) is 0 Å². The predicted molar refractivity (Wildman–Crippen MR) is 83.9 cm³/mol. The molecule has 0 N–H and O–H groups in total. The van der Waals surface area contributed by atoms with Crippen LogP contribution in [0.3, 0.4) is 0 Å². The average Bonchev–Trinajstić information content (AvgIpc) is 2.46. The number of hydrogen-bond donors (Lipinski definition) is 0. The molecule has 1 unspecified atom stereocenters. The van der Waals surface area contributed by atoms with Crippen LogP contribution in [0.5, 0.6) is 0 Å². The lowest BCUT2D eigenvalue weighted by molar-refractivity contribution is 0.0736. The minimum absolute atomic E-state index is 0.134. The Morgan fingerprint density at radius 2 is 2.00 bits per heavy atom. The van der Waals surface area contributed by atoms with Crippen molar-refractivity contribution < 1.29 is 4.79 Å². The Bertz CT molecular complexity index is 633. The van der Waals surface area contributed by atoms with Crippen LogP contribution >= 0.6 is 27.5 Å². The Morgan fingerprint density at radius 3 is 2.65 bits per heavy atom. The van der Waals surface area contributed by atoms with E-state index in [9.17, 15) is 4.79 Å². The van der Waals surface area contributed by atoms with Gasteiger partial charge in [0.15, 0.2) is 0 Å². The molecule has 0 aliphatic heterocycles. The van der Waals surface area contributed by atoms with Crippen LogP contribution in [0.2, 0.25) is 5.02 Å². The van der Waals surface area contributed by atoms with E-state index in [4.69, 9.17) is 11.6 Å². The summed E-state index contributed by atoms with van der Waals surface area (Å²) in [4.78, 5) is 18.2. The highest BCUT2D eigenvalue weighted by atomic mass is 79.9. The number of aromatic nitrogens is 1. The zero-order valence-corrected chi connectivity index (χ0v) is 13.5. The van der Waals surface area contributed by atoms with Gasteiger partial charge in [-0.3, -0.25) is 4.79 Å². The highest BCUT2D eigenvalue weighted by Gasteiger charge is 2.22. The number of nitrogens with zero attached hydrogens (tertiary/aromatic N) is 2. The second-order valence-corrected chi connectivity index (χ2v) is 5.71. The van der Waals surface area contributed by atoms with Crippen molar-refractivity contribution in [3.8, 4) is 0 Å².